The Morgan fingerprint density at radius 2 is 1.84 bits per heavy atom. The molecule has 1 N–H and O–H groups in total. The number of fused-ring (bicyclic) bond motifs is 1. The van der Waals surface area contributed by atoms with Crippen molar-refractivity contribution in [3.05, 3.63) is 69.9 Å². The van der Waals surface area contributed by atoms with Gasteiger partial charge in [-0.2, -0.15) is 10.1 Å². The van der Waals surface area contributed by atoms with Gasteiger partial charge in [0.2, 0.25) is 5.91 Å². The van der Waals surface area contributed by atoms with Crippen LogP contribution in [0.2, 0.25) is 0 Å². The lowest BCUT2D eigenvalue weighted by Crippen LogP contribution is -2.30. The van der Waals surface area contributed by atoms with E-state index in [9.17, 15) is 9.59 Å². The van der Waals surface area contributed by atoms with Gasteiger partial charge in [0.1, 0.15) is 6.54 Å². The van der Waals surface area contributed by atoms with Gasteiger partial charge in [-0.1, -0.05) is 49.3 Å². The molecule has 0 radical (unpaired) electrons. The normalized spacial score (nSPS) is 11.3. The van der Waals surface area contributed by atoms with E-state index in [0.29, 0.717) is 34.0 Å². The molecule has 4 rings (SSSR count). The van der Waals surface area contributed by atoms with Crippen LogP contribution in [-0.4, -0.2) is 25.8 Å². The van der Waals surface area contributed by atoms with Crippen molar-refractivity contribution in [2.45, 2.75) is 40.2 Å². The third-order valence-electron chi connectivity index (χ3n) is 5.07. The molecule has 2 aromatic carbocycles. The maximum atomic E-state index is 12.9. The average Bonchev–Trinajstić information content (AvgIpc) is 3.24. The Bertz CT molecular complexity index is 1340. The molecule has 0 spiro atoms. The highest BCUT2D eigenvalue weighted by Gasteiger charge is 2.18. The van der Waals surface area contributed by atoms with Crippen molar-refractivity contribution in [1.82, 2.24) is 19.9 Å². The Kier molecular flexibility index (Phi) is 5.37. The molecule has 8 nitrogen and oxygen atoms in total. The van der Waals surface area contributed by atoms with Crippen molar-refractivity contribution < 1.29 is 9.32 Å². The van der Waals surface area contributed by atoms with E-state index in [2.05, 4.69) is 20.6 Å². The number of aromatic nitrogens is 4. The fourth-order valence-electron chi connectivity index (χ4n) is 3.42. The molecule has 2 aromatic heterocycles. The van der Waals surface area contributed by atoms with Crippen LogP contribution in [0.4, 0.5) is 5.69 Å². The van der Waals surface area contributed by atoms with Crippen molar-refractivity contribution >= 4 is 22.4 Å². The zero-order valence-electron chi connectivity index (χ0n) is 17.8. The highest BCUT2D eigenvalue weighted by atomic mass is 16.5. The third-order valence-corrected chi connectivity index (χ3v) is 5.07. The minimum Gasteiger partial charge on any atom is -0.334 e. The van der Waals surface area contributed by atoms with E-state index in [-0.39, 0.29) is 23.9 Å². The minimum atomic E-state index is -0.372. The third kappa shape index (κ3) is 3.96. The molecule has 0 saturated heterocycles. The van der Waals surface area contributed by atoms with Gasteiger partial charge in [-0.05, 0) is 31.5 Å². The molecule has 0 aliphatic carbocycles. The summed E-state index contributed by atoms with van der Waals surface area (Å²) in [5.41, 5.74) is 2.41. The maximum Gasteiger partial charge on any atom is 0.275 e. The molecule has 0 bridgehead atoms. The second-order valence-electron chi connectivity index (χ2n) is 7.75. The fourth-order valence-corrected chi connectivity index (χ4v) is 3.42. The summed E-state index contributed by atoms with van der Waals surface area (Å²) in [7, 11) is 0. The zero-order chi connectivity index (χ0) is 22.1. The number of hydrogen-bond acceptors (Lipinski definition) is 6. The van der Waals surface area contributed by atoms with Crippen LogP contribution in [0.15, 0.2) is 51.8 Å². The van der Waals surface area contributed by atoms with Gasteiger partial charge in [-0.15, -0.1) is 0 Å². The first-order valence-corrected chi connectivity index (χ1v) is 10.0. The van der Waals surface area contributed by atoms with E-state index < -0.39 is 0 Å². The van der Waals surface area contributed by atoms with Gasteiger partial charge < -0.3 is 9.84 Å². The Hall–Kier alpha value is -3.81. The largest absolute Gasteiger partial charge is 0.334 e. The zero-order valence-corrected chi connectivity index (χ0v) is 17.8. The van der Waals surface area contributed by atoms with Gasteiger partial charge >= 0.3 is 0 Å². The number of carbonyl (C=O) groups is 1. The molecule has 8 heteroatoms. The first-order chi connectivity index (χ1) is 14.8. The van der Waals surface area contributed by atoms with Gasteiger partial charge in [0.15, 0.2) is 5.82 Å². The number of nitrogens with one attached hydrogen (secondary N) is 1. The summed E-state index contributed by atoms with van der Waals surface area (Å²) >= 11 is 0. The standard InChI is InChI=1S/C23H23N5O3/c1-13(2)21-25-22(31-27-21)18-11-7-8-14(3)20(18)24-19(29)12-28-23(30)17-10-6-5-9-16(17)15(4)26-28/h5-11,13H,12H2,1-4H3,(H,24,29). The maximum absolute atomic E-state index is 12.9. The lowest BCUT2D eigenvalue weighted by molar-refractivity contribution is -0.117. The topological polar surface area (TPSA) is 103 Å². The predicted molar refractivity (Wildman–Crippen MR) is 118 cm³/mol. The van der Waals surface area contributed by atoms with E-state index in [1.165, 1.54) is 4.68 Å². The summed E-state index contributed by atoms with van der Waals surface area (Å²) in [6.45, 7) is 7.44. The number of aryl methyl sites for hydroxylation is 2. The molecule has 4 aromatic rings. The molecular weight excluding hydrogens is 394 g/mol. The van der Waals surface area contributed by atoms with Gasteiger partial charge in [-0.25, -0.2) is 4.68 Å². The summed E-state index contributed by atoms with van der Waals surface area (Å²) in [5, 5.41) is 12.5. The SMILES string of the molecule is Cc1cccc(-c2nc(C(C)C)no2)c1NC(=O)Cn1nc(C)c2ccccc2c1=O. The molecule has 0 fully saturated rings. The lowest BCUT2D eigenvalue weighted by atomic mass is 10.1. The quantitative estimate of drug-likeness (QED) is 0.529. The molecule has 0 aliphatic rings. The average molecular weight is 417 g/mol. The van der Waals surface area contributed by atoms with Crippen LogP contribution < -0.4 is 10.9 Å². The van der Waals surface area contributed by atoms with Crippen LogP contribution in [0.1, 0.15) is 36.8 Å². The lowest BCUT2D eigenvalue weighted by Gasteiger charge is -2.13. The first kappa shape index (κ1) is 20.5. The number of nitrogens with zero attached hydrogens (tertiary/aromatic N) is 4. The Morgan fingerprint density at radius 3 is 2.55 bits per heavy atom. The van der Waals surface area contributed by atoms with Crippen molar-refractivity contribution in [3.63, 3.8) is 0 Å². The summed E-state index contributed by atoms with van der Waals surface area (Å²) < 4.78 is 6.60. The highest BCUT2D eigenvalue weighted by Crippen LogP contribution is 2.30. The number of benzene rings is 2. The van der Waals surface area contributed by atoms with E-state index >= 15 is 0 Å². The van der Waals surface area contributed by atoms with Gasteiger partial charge in [-0.3, -0.25) is 9.59 Å². The van der Waals surface area contributed by atoms with Crippen LogP contribution in [0.5, 0.6) is 0 Å². The molecule has 158 valence electrons. The molecule has 0 atom stereocenters. The molecule has 0 saturated carbocycles. The number of para-hydroxylation sites is 1. The van der Waals surface area contributed by atoms with Gasteiger partial charge in [0, 0.05) is 11.3 Å². The molecule has 1 amide bonds. The van der Waals surface area contributed by atoms with Crippen molar-refractivity contribution in [3.8, 4) is 11.5 Å². The highest BCUT2D eigenvalue weighted by molar-refractivity contribution is 5.95. The van der Waals surface area contributed by atoms with Crippen LogP contribution >= 0.6 is 0 Å². The van der Waals surface area contributed by atoms with E-state index in [0.717, 1.165) is 10.9 Å². The molecule has 0 unspecified atom stereocenters. The van der Waals surface area contributed by atoms with Gasteiger partial charge in [0.25, 0.3) is 11.4 Å². The predicted octanol–water partition coefficient (Wildman–Crippen LogP) is 3.83. The summed E-state index contributed by atoms with van der Waals surface area (Å²) in [4.78, 5) is 30.1. The molecular formula is C23H23N5O3. The van der Waals surface area contributed by atoms with Crippen LogP contribution in [0.25, 0.3) is 22.2 Å². The monoisotopic (exact) mass is 417 g/mol. The van der Waals surface area contributed by atoms with Gasteiger partial charge in [0.05, 0.1) is 22.3 Å². The van der Waals surface area contributed by atoms with E-state index in [4.69, 9.17) is 4.52 Å². The second-order valence-corrected chi connectivity index (χ2v) is 7.75. The van der Waals surface area contributed by atoms with Crippen molar-refractivity contribution in [2.24, 2.45) is 0 Å². The fraction of sp³-hybridized carbons (Fsp3) is 0.261. The first-order valence-electron chi connectivity index (χ1n) is 10.0. The molecule has 31 heavy (non-hydrogen) atoms. The second kappa shape index (κ2) is 8.14. The summed E-state index contributed by atoms with van der Waals surface area (Å²) in [5.74, 6) is 0.675. The number of anilines is 1. The van der Waals surface area contributed by atoms with E-state index in [1.54, 1.807) is 12.1 Å². The Morgan fingerprint density at radius 1 is 1.10 bits per heavy atom. The van der Waals surface area contributed by atoms with Crippen molar-refractivity contribution in [2.75, 3.05) is 5.32 Å². The van der Waals surface area contributed by atoms with Crippen LogP contribution in [0.3, 0.4) is 0 Å². The number of carbonyl (C=O) groups excluding carboxylic acids is 1. The van der Waals surface area contributed by atoms with Crippen LogP contribution in [0, 0.1) is 13.8 Å². The van der Waals surface area contributed by atoms with E-state index in [1.807, 2.05) is 58.0 Å². The molecule has 0 aliphatic heterocycles. The van der Waals surface area contributed by atoms with Crippen LogP contribution in [-0.2, 0) is 11.3 Å². The Labute approximate surface area is 178 Å². The summed E-state index contributed by atoms with van der Waals surface area (Å²) in [6.07, 6.45) is 0. The summed E-state index contributed by atoms with van der Waals surface area (Å²) in [6, 6.07) is 12.8. The minimum absolute atomic E-state index is 0.120. The number of amides is 1. The number of hydrogen-bond donors (Lipinski definition) is 1. The smallest absolute Gasteiger partial charge is 0.275 e. The number of rotatable bonds is 5. The van der Waals surface area contributed by atoms with Crippen molar-refractivity contribution in [1.29, 1.82) is 0 Å². The molecule has 2 heterocycles. The Balaban J connectivity index is 1.65.